The molecule has 5 heteroatoms. The largest absolute Gasteiger partial charge is 0.347 e. The highest BCUT2D eigenvalue weighted by molar-refractivity contribution is 9.10. The molecule has 1 aromatic heterocycles. The van der Waals surface area contributed by atoms with E-state index in [0.717, 1.165) is 78.2 Å². The number of carbonyl (C=O) groups excluding carboxylic acids is 2. The van der Waals surface area contributed by atoms with Crippen molar-refractivity contribution in [2.45, 2.75) is 76.8 Å². The van der Waals surface area contributed by atoms with Crippen LogP contribution in [-0.4, -0.2) is 21.8 Å². The van der Waals surface area contributed by atoms with Crippen LogP contribution in [0.3, 0.4) is 0 Å². The van der Waals surface area contributed by atoms with Gasteiger partial charge in [-0.15, -0.1) is 0 Å². The Balaban J connectivity index is 1.40. The van der Waals surface area contributed by atoms with E-state index in [1.807, 2.05) is 24.4 Å². The van der Waals surface area contributed by atoms with E-state index in [2.05, 4.69) is 32.7 Å². The molecule has 1 aromatic carbocycles. The van der Waals surface area contributed by atoms with Crippen molar-refractivity contribution in [3.8, 4) is 0 Å². The summed E-state index contributed by atoms with van der Waals surface area (Å²) < 4.78 is 3.07. The van der Waals surface area contributed by atoms with Gasteiger partial charge in [-0.1, -0.05) is 35.7 Å². The van der Waals surface area contributed by atoms with E-state index in [-0.39, 0.29) is 11.3 Å². The Labute approximate surface area is 186 Å². The first-order valence-corrected chi connectivity index (χ1v) is 12.4. The van der Waals surface area contributed by atoms with Crippen molar-refractivity contribution >= 4 is 38.5 Å². The summed E-state index contributed by atoms with van der Waals surface area (Å²) in [7, 11) is 0. The minimum Gasteiger partial charge on any atom is -0.347 e. The lowest BCUT2D eigenvalue weighted by atomic mass is 9.53. The number of amides is 1. The van der Waals surface area contributed by atoms with Crippen LogP contribution >= 0.6 is 15.9 Å². The molecule has 0 spiro atoms. The van der Waals surface area contributed by atoms with Crippen LogP contribution in [0, 0.1) is 17.8 Å². The van der Waals surface area contributed by atoms with E-state index in [4.69, 9.17) is 0 Å². The number of halogens is 1. The summed E-state index contributed by atoms with van der Waals surface area (Å²) in [6.07, 6.45) is 12.4. The highest BCUT2D eigenvalue weighted by Gasteiger charge is 2.52. The molecule has 1 N–H and O–H groups in total. The number of Topliss-reactive ketones (excluding diaryl/α,β-unsaturated/α-hetero) is 1. The Hall–Kier alpha value is -1.62. The summed E-state index contributed by atoms with van der Waals surface area (Å²) >= 11 is 3.53. The molecule has 4 saturated carbocycles. The summed E-state index contributed by atoms with van der Waals surface area (Å²) in [4.78, 5) is 26.4. The zero-order valence-corrected chi connectivity index (χ0v) is 19.3. The van der Waals surface area contributed by atoms with Crippen LogP contribution in [0.1, 0.15) is 75.1 Å². The van der Waals surface area contributed by atoms with Crippen molar-refractivity contribution in [1.29, 1.82) is 0 Å². The Morgan fingerprint density at radius 1 is 1.10 bits per heavy atom. The highest BCUT2D eigenvalue weighted by Crippen LogP contribution is 2.55. The van der Waals surface area contributed by atoms with E-state index >= 15 is 0 Å². The molecule has 0 aliphatic heterocycles. The summed E-state index contributed by atoms with van der Waals surface area (Å²) in [5, 5.41) is 4.12. The van der Waals surface area contributed by atoms with Crippen molar-refractivity contribution in [1.82, 2.24) is 9.88 Å². The molecule has 30 heavy (non-hydrogen) atoms. The van der Waals surface area contributed by atoms with Gasteiger partial charge in [-0.2, -0.15) is 0 Å². The average Bonchev–Trinajstić information content (AvgIpc) is 3.03. The van der Waals surface area contributed by atoms with Gasteiger partial charge in [0.1, 0.15) is 0 Å². The predicted molar refractivity (Wildman–Crippen MR) is 123 cm³/mol. The Morgan fingerprint density at radius 3 is 2.40 bits per heavy atom. The molecule has 4 aliphatic carbocycles. The maximum absolute atomic E-state index is 13.3. The van der Waals surface area contributed by atoms with E-state index < -0.39 is 5.91 Å². The first kappa shape index (κ1) is 20.3. The van der Waals surface area contributed by atoms with Crippen LogP contribution in [-0.2, 0) is 11.3 Å². The molecule has 1 amide bonds. The molecule has 0 saturated heterocycles. The van der Waals surface area contributed by atoms with Gasteiger partial charge in [0.2, 0.25) is 0 Å². The number of nitrogens with zero attached hydrogens (tertiary/aromatic N) is 1. The topological polar surface area (TPSA) is 51.1 Å². The second-order valence-electron chi connectivity index (χ2n) is 10.1. The molecule has 4 fully saturated rings. The number of hydrogen-bond acceptors (Lipinski definition) is 2. The first-order chi connectivity index (χ1) is 14.5. The molecule has 0 atom stereocenters. The lowest BCUT2D eigenvalue weighted by Crippen LogP contribution is -2.60. The number of benzene rings is 1. The molecular formula is C25H31BrN2O2. The van der Waals surface area contributed by atoms with Gasteiger partial charge in [0.05, 0.1) is 5.56 Å². The fourth-order valence-corrected chi connectivity index (χ4v) is 7.21. The predicted octanol–water partition coefficient (Wildman–Crippen LogP) is 5.86. The minimum absolute atomic E-state index is 0.137. The number of aromatic nitrogens is 1. The molecule has 4 aliphatic rings. The zero-order valence-electron chi connectivity index (χ0n) is 17.8. The molecule has 6 rings (SSSR count). The second-order valence-corrected chi connectivity index (χ2v) is 11.0. The van der Waals surface area contributed by atoms with Crippen LogP contribution in [0.4, 0.5) is 0 Å². The summed E-state index contributed by atoms with van der Waals surface area (Å²) in [6, 6.07) is 6.01. The van der Waals surface area contributed by atoms with E-state index in [1.54, 1.807) is 0 Å². The summed E-state index contributed by atoms with van der Waals surface area (Å²) in [6.45, 7) is 3.06. The molecule has 0 radical (unpaired) electrons. The lowest BCUT2D eigenvalue weighted by molar-refractivity contribution is -0.122. The smallest absolute Gasteiger partial charge is 0.292 e. The third-order valence-electron chi connectivity index (χ3n) is 7.71. The minimum atomic E-state index is -0.412. The number of ketones is 1. The van der Waals surface area contributed by atoms with Crippen molar-refractivity contribution < 1.29 is 9.59 Å². The first-order valence-electron chi connectivity index (χ1n) is 11.6. The van der Waals surface area contributed by atoms with Crippen LogP contribution in [0.15, 0.2) is 28.9 Å². The fraction of sp³-hybridized carbons (Fsp3) is 0.600. The van der Waals surface area contributed by atoms with Gasteiger partial charge >= 0.3 is 0 Å². The van der Waals surface area contributed by atoms with E-state index in [0.29, 0.717) is 5.56 Å². The van der Waals surface area contributed by atoms with Crippen molar-refractivity contribution in [3.63, 3.8) is 0 Å². The van der Waals surface area contributed by atoms with Gasteiger partial charge < -0.3 is 9.88 Å². The van der Waals surface area contributed by atoms with Gasteiger partial charge in [0.15, 0.2) is 0 Å². The number of fused-ring (bicyclic) bond motifs is 1. The summed E-state index contributed by atoms with van der Waals surface area (Å²) in [5.41, 5.74) is 1.42. The maximum Gasteiger partial charge on any atom is 0.292 e. The highest BCUT2D eigenvalue weighted by atomic mass is 79.9. The third-order valence-corrected chi connectivity index (χ3v) is 8.21. The molecule has 4 bridgehead atoms. The van der Waals surface area contributed by atoms with Gasteiger partial charge in [-0.05, 0) is 80.9 Å². The normalized spacial score (nSPS) is 29.5. The van der Waals surface area contributed by atoms with Crippen LogP contribution in [0.25, 0.3) is 10.9 Å². The standard InChI is InChI=1S/C25H31BrN2O2/c1-2-3-4-7-28-15-21(20-11-19(26)5-6-22(20)28)23(29)24(30)27-25-12-16-8-17(13-25)10-18(9-16)14-25/h5-6,11,15-18H,2-4,7-10,12-14H2,1H3,(H,27,30). The number of nitrogens with one attached hydrogen (secondary N) is 1. The lowest BCUT2D eigenvalue weighted by Gasteiger charge is -2.56. The molecule has 160 valence electrons. The monoisotopic (exact) mass is 470 g/mol. The van der Waals surface area contributed by atoms with Crippen LogP contribution < -0.4 is 5.32 Å². The maximum atomic E-state index is 13.3. The second kappa shape index (κ2) is 7.81. The molecule has 2 aromatic rings. The fourth-order valence-electron chi connectivity index (χ4n) is 6.85. The number of aryl methyl sites for hydroxylation is 1. The third kappa shape index (κ3) is 3.63. The zero-order chi connectivity index (χ0) is 20.9. The Bertz CT molecular complexity index is 957. The average molecular weight is 471 g/mol. The van der Waals surface area contributed by atoms with Gasteiger partial charge in [-0.25, -0.2) is 0 Å². The number of carbonyl (C=O) groups is 2. The quantitative estimate of drug-likeness (QED) is 0.312. The van der Waals surface area contributed by atoms with Gasteiger partial charge in [0.25, 0.3) is 11.7 Å². The van der Waals surface area contributed by atoms with Gasteiger partial charge in [0, 0.05) is 33.7 Å². The van der Waals surface area contributed by atoms with Crippen molar-refractivity contribution in [3.05, 3.63) is 34.4 Å². The number of rotatable bonds is 7. The molecule has 0 unspecified atom stereocenters. The Kier molecular flexibility index (Phi) is 5.29. The number of hydrogen-bond donors (Lipinski definition) is 1. The van der Waals surface area contributed by atoms with Crippen molar-refractivity contribution in [2.75, 3.05) is 0 Å². The van der Waals surface area contributed by atoms with Crippen LogP contribution in [0.2, 0.25) is 0 Å². The number of unbranched alkanes of at least 4 members (excludes halogenated alkanes) is 2. The van der Waals surface area contributed by atoms with Crippen LogP contribution in [0.5, 0.6) is 0 Å². The van der Waals surface area contributed by atoms with Gasteiger partial charge in [-0.3, -0.25) is 9.59 Å². The summed E-state index contributed by atoms with van der Waals surface area (Å²) in [5.74, 6) is 1.42. The van der Waals surface area contributed by atoms with Crippen molar-refractivity contribution in [2.24, 2.45) is 17.8 Å². The molecule has 1 heterocycles. The van der Waals surface area contributed by atoms with E-state index in [1.165, 1.54) is 19.3 Å². The molecule has 4 nitrogen and oxygen atoms in total. The molecular weight excluding hydrogens is 440 g/mol. The SMILES string of the molecule is CCCCCn1cc(C(=O)C(=O)NC23CC4CC(CC(C4)C2)C3)c2cc(Br)ccc21. The Morgan fingerprint density at radius 2 is 1.77 bits per heavy atom. The van der Waals surface area contributed by atoms with E-state index in [9.17, 15) is 9.59 Å².